The van der Waals surface area contributed by atoms with Crippen molar-refractivity contribution >= 4 is 0 Å². The van der Waals surface area contributed by atoms with Gasteiger partial charge in [0, 0.05) is 18.4 Å². The van der Waals surface area contributed by atoms with E-state index >= 15 is 0 Å². The van der Waals surface area contributed by atoms with Crippen LogP contribution in [-0.4, -0.2) is 53.9 Å². The molecule has 1 saturated carbocycles. The number of rotatable bonds is 3. The van der Waals surface area contributed by atoms with Crippen molar-refractivity contribution in [3.8, 4) is 0 Å². The van der Waals surface area contributed by atoms with E-state index in [0.717, 1.165) is 30.7 Å². The SMILES string of the molecule is CC(O)N1CC[N+](C)(C2(c3ccccc3)CCCCC2)CC1. The van der Waals surface area contributed by atoms with Gasteiger partial charge in [0.05, 0.1) is 33.2 Å². The summed E-state index contributed by atoms with van der Waals surface area (Å²) in [5.41, 5.74) is 1.81. The summed E-state index contributed by atoms with van der Waals surface area (Å²) in [6.45, 7) is 6.17. The molecule has 0 amide bonds. The lowest BCUT2D eigenvalue weighted by atomic mass is 9.73. The van der Waals surface area contributed by atoms with Gasteiger partial charge < -0.3 is 9.59 Å². The minimum Gasteiger partial charge on any atom is -0.379 e. The highest BCUT2D eigenvalue weighted by atomic mass is 16.3. The molecular formula is C19H31N2O+. The number of hydrogen-bond acceptors (Lipinski definition) is 2. The van der Waals surface area contributed by atoms with Crippen LogP contribution in [0, 0.1) is 0 Å². The Bertz CT molecular complexity index is 471. The average Bonchev–Trinajstić information content (AvgIpc) is 2.56. The minimum absolute atomic E-state index is 0.282. The molecule has 3 nitrogen and oxygen atoms in total. The van der Waals surface area contributed by atoms with Crippen molar-refractivity contribution in [2.45, 2.75) is 50.8 Å². The number of hydrogen-bond donors (Lipinski definition) is 1. The van der Waals surface area contributed by atoms with Crippen LogP contribution in [0.4, 0.5) is 0 Å². The number of likely N-dealkylation sites (N-methyl/N-ethyl adjacent to an activating group) is 1. The largest absolute Gasteiger partial charge is 0.379 e. The molecule has 0 bridgehead atoms. The van der Waals surface area contributed by atoms with Gasteiger partial charge >= 0.3 is 0 Å². The molecule has 122 valence electrons. The third-order valence-corrected chi connectivity index (χ3v) is 6.32. The van der Waals surface area contributed by atoms with Crippen LogP contribution in [0.15, 0.2) is 30.3 Å². The molecule has 1 unspecified atom stereocenters. The highest BCUT2D eigenvalue weighted by molar-refractivity contribution is 5.23. The Morgan fingerprint density at radius 3 is 2.18 bits per heavy atom. The molecule has 3 rings (SSSR count). The van der Waals surface area contributed by atoms with Crippen molar-refractivity contribution in [1.29, 1.82) is 0 Å². The zero-order valence-corrected chi connectivity index (χ0v) is 14.2. The second-order valence-corrected chi connectivity index (χ2v) is 7.47. The van der Waals surface area contributed by atoms with Crippen LogP contribution in [0.2, 0.25) is 0 Å². The van der Waals surface area contributed by atoms with Gasteiger partial charge in [0.25, 0.3) is 0 Å². The van der Waals surface area contributed by atoms with Gasteiger partial charge in [-0.25, -0.2) is 0 Å². The topological polar surface area (TPSA) is 23.5 Å². The Labute approximate surface area is 135 Å². The summed E-state index contributed by atoms with van der Waals surface area (Å²) < 4.78 is 1.14. The summed E-state index contributed by atoms with van der Waals surface area (Å²) in [4.78, 5) is 2.21. The summed E-state index contributed by atoms with van der Waals surface area (Å²) >= 11 is 0. The second-order valence-electron chi connectivity index (χ2n) is 7.47. The van der Waals surface area contributed by atoms with Gasteiger partial charge in [-0.15, -0.1) is 0 Å². The van der Waals surface area contributed by atoms with Gasteiger partial charge in [-0.1, -0.05) is 36.8 Å². The molecule has 1 heterocycles. The molecule has 0 spiro atoms. The van der Waals surface area contributed by atoms with E-state index in [9.17, 15) is 5.11 Å². The highest BCUT2D eigenvalue weighted by Gasteiger charge is 2.51. The Morgan fingerprint density at radius 1 is 1.05 bits per heavy atom. The normalized spacial score (nSPS) is 26.5. The van der Waals surface area contributed by atoms with Gasteiger partial charge in [-0.2, -0.15) is 0 Å². The van der Waals surface area contributed by atoms with Gasteiger partial charge in [0.1, 0.15) is 11.8 Å². The molecule has 1 aromatic rings. The van der Waals surface area contributed by atoms with E-state index in [1.54, 1.807) is 0 Å². The fourth-order valence-corrected chi connectivity index (χ4v) is 4.75. The Morgan fingerprint density at radius 2 is 1.64 bits per heavy atom. The van der Waals surface area contributed by atoms with Crippen LogP contribution in [-0.2, 0) is 5.54 Å². The number of benzene rings is 1. The summed E-state index contributed by atoms with van der Waals surface area (Å²) in [6, 6.07) is 11.2. The lowest BCUT2D eigenvalue weighted by molar-refractivity contribution is -0.973. The number of nitrogens with zero attached hydrogens (tertiary/aromatic N) is 2. The predicted molar refractivity (Wildman–Crippen MR) is 90.4 cm³/mol. The van der Waals surface area contributed by atoms with E-state index < -0.39 is 0 Å². The zero-order chi connectivity index (χ0) is 15.6. The molecule has 1 aliphatic carbocycles. The summed E-state index contributed by atoms with van der Waals surface area (Å²) in [5, 5.41) is 9.86. The first-order valence-corrected chi connectivity index (χ1v) is 8.90. The van der Waals surface area contributed by atoms with E-state index in [2.05, 4.69) is 42.3 Å². The van der Waals surface area contributed by atoms with Gasteiger partial charge in [0.2, 0.25) is 0 Å². The van der Waals surface area contributed by atoms with Gasteiger partial charge in [-0.3, -0.25) is 4.90 Å². The lowest BCUT2D eigenvalue weighted by Gasteiger charge is -2.56. The third-order valence-electron chi connectivity index (χ3n) is 6.32. The van der Waals surface area contributed by atoms with Crippen LogP contribution in [0.3, 0.4) is 0 Å². The van der Waals surface area contributed by atoms with E-state index in [-0.39, 0.29) is 11.8 Å². The van der Waals surface area contributed by atoms with Gasteiger partial charge in [0.15, 0.2) is 0 Å². The first-order chi connectivity index (χ1) is 10.6. The highest BCUT2D eigenvalue weighted by Crippen LogP contribution is 2.46. The minimum atomic E-state index is -0.312. The maximum absolute atomic E-state index is 9.86. The van der Waals surface area contributed by atoms with Crippen LogP contribution in [0.1, 0.15) is 44.6 Å². The van der Waals surface area contributed by atoms with Gasteiger partial charge in [-0.05, 0) is 19.8 Å². The van der Waals surface area contributed by atoms with E-state index in [0.29, 0.717) is 0 Å². The number of aliphatic hydroxyl groups is 1. The van der Waals surface area contributed by atoms with Crippen LogP contribution in [0.25, 0.3) is 0 Å². The molecule has 0 aromatic heterocycles. The summed E-state index contributed by atoms with van der Waals surface area (Å²) in [5.74, 6) is 0. The molecule has 1 atom stereocenters. The molecule has 2 aliphatic rings. The fourth-order valence-electron chi connectivity index (χ4n) is 4.75. The van der Waals surface area contributed by atoms with Crippen LogP contribution < -0.4 is 0 Å². The van der Waals surface area contributed by atoms with Crippen molar-refractivity contribution in [1.82, 2.24) is 4.90 Å². The molecule has 1 saturated heterocycles. The molecule has 1 aliphatic heterocycles. The number of aliphatic hydroxyl groups excluding tert-OH is 1. The Hall–Kier alpha value is -0.900. The van der Waals surface area contributed by atoms with Crippen molar-refractivity contribution < 1.29 is 9.59 Å². The molecule has 22 heavy (non-hydrogen) atoms. The van der Waals surface area contributed by atoms with Crippen LogP contribution in [0.5, 0.6) is 0 Å². The Kier molecular flexibility index (Phi) is 4.58. The number of piperazine rings is 1. The molecule has 1 N–H and O–H groups in total. The molecule has 2 fully saturated rings. The van der Waals surface area contributed by atoms with E-state index in [1.807, 2.05) is 6.92 Å². The molecule has 1 aromatic carbocycles. The summed E-state index contributed by atoms with van der Waals surface area (Å²) in [6.07, 6.45) is 6.39. The van der Waals surface area contributed by atoms with Crippen molar-refractivity contribution in [3.63, 3.8) is 0 Å². The quantitative estimate of drug-likeness (QED) is 0.868. The maximum Gasteiger partial charge on any atom is 0.125 e. The first kappa shape index (κ1) is 16.0. The molecule has 0 radical (unpaired) electrons. The molecular weight excluding hydrogens is 272 g/mol. The maximum atomic E-state index is 9.86. The predicted octanol–water partition coefficient (Wildman–Crippen LogP) is 2.95. The van der Waals surface area contributed by atoms with Crippen molar-refractivity contribution in [2.24, 2.45) is 0 Å². The zero-order valence-electron chi connectivity index (χ0n) is 14.2. The van der Waals surface area contributed by atoms with E-state index in [1.165, 1.54) is 37.7 Å². The average molecular weight is 303 g/mol. The molecule has 3 heteroatoms. The third kappa shape index (κ3) is 2.70. The first-order valence-electron chi connectivity index (χ1n) is 8.90. The fraction of sp³-hybridized carbons (Fsp3) is 0.684. The smallest absolute Gasteiger partial charge is 0.125 e. The monoisotopic (exact) mass is 303 g/mol. The Balaban J connectivity index is 1.90. The van der Waals surface area contributed by atoms with E-state index in [4.69, 9.17) is 0 Å². The number of quaternary nitrogens is 1. The second kappa shape index (κ2) is 6.31. The van der Waals surface area contributed by atoms with Crippen molar-refractivity contribution in [2.75, 3.05) is 33.2 Å². The standard InChI is InChI=1S/C19H31N2O/c1-17(22)20-13-15-21(2,16-14-20)19(11-7-4-8-12-19)18-9-5-3-6-10-18/h3,5-6,9-10,17,22H,4,7-8,11-16H2,1-2H3/q+1. The summed E-state index contributed by atoms with van der Waals surface area (Å²) in [7, 11) is 2.46. The van der Waals surface area contributed by atoms with Crippen LogP contribution >= 0.6 is 0 Å². The van der Waals surface area contributed by atoms with Crippen molar-refractivity contribution in [3.05, 3.63) is 35.9 Å². The lowest BCUT2D eigenvalue weighted by Crippen LogP contribution is -2.67.